The molecular weight excluding hydrogens is 316 g/mol. The highest BCUT2D eigenvalue weighted by atomic mass is 35.5. The minimum Gasteiger partial charge on any atom is -0.495 e. The number of benzene rings is 1. The third-order valence-electron chi connectivity index (χ3n) is 3.34. The topological polar surface area (TPSA) is 60.5 Å². The number of aryl methyl sites for hydroxylation is 1. The lowest BCUT2D eigenvalue weighted by Gasteiger charge is -2.13. The van der Waals surface area contributed by atoms with Gasteiger partial charge in [0.25, 0.3) is 0 Å². The summed E-state index contributed by atoms with van der Waals surface area (Å²) in [5, 5.41) is 3.26. The van der Waals surface area contributed by atoms with E-state index in [2.05, 4.69) is 10.3 Å². The SMILES string of the molecule is COc1cc(NC(=O)CCCc2cccnc2)c(OC)cc1Cl. The fraction of sp³-hybridized carbons (Fsp3) is 0.294. The molecule has 0 radical (unpaired) electrons. The first kappa shape index (κ1) is 17.1. The number of halogens is 1. The predicted molar refractivity (Wildman–Crippen MR) is 90.4 cm³/mol. The van der Waals surface area contributed by atoms with Crippen LogP contribution in [-0.4, -0.2) is 25.1 Å². The quantitative estimate of drug-likeness (QED) is 0.838. The fourth-order valence-electron chi connectivity index (χ4n) is 2.17. The maximum Gasteiger partial charge on any atom is 0.224 e. The smallest absolute Gasteiger partial charge is 0.224 e. The van der Waals surface area contributed by atoms with Gasteiger partial charge in [0.2, 0.25) is 5.91 Å². The number of methoxy groups -OCH3 is 2. The highest BCUT2D eigenvalue weighted by Crippen LogP contribution is 2.35. The molecule has 1 N–H and O–H groups in total. The van der Waals surface area contributed by atoms with Gasteiger partial charge in [-0.25, -0.2) is 0 Å². The molecule has 6 heteroatoms. The lowest BCUT2D eigenvalue weighted by molar-refractivity contribution is -0.116. The molecule has 1 aromatic heterocycles. The van der Waals surface area contributed by atoms with E-state index in [1.165, 1.54) is 14.2 Å². The Morgan fingerprint density at radius 3 is 2.70 bits per heavy atom. The molecule has 122 valence electrons. The molecule has 0 aliphatic heterocycles. The number of nitrogens with zero attached hydrogens (tertiary/aromatic N) is 1. The van der Waals surface area contributed by atoms with Gasteiger partial charge in [0, 0.05) is 30.9 Å². The van der Waals surface area contributed by atoms with Crippen LogP contribution in [0.1, 0.15) is 18.4 Å². The minimum absolute atomic E-state index is 0.0865. The van der Waals surface area contributed by atoms with Crippen molar-refractivity contribution in [2.24, 2.45) is 0 Å². The average molecular weight is 335 g/mol. The molecule has 5 nitrogen and oxygen atoms in total. The second-order valence-electron chi connectivity index (χ2n) is 4.95. The molecule has 0 fully saturated rings. The van der Waals surface area contributed by atoms with Gasteiger partial charge in [-0.15, -0.1) is 0 Å². The molecular formula is C17H19ClN2O3. The maximum absolute atomic E-state index is 12.1. The zero-order valence-corrected chi connectivity index (χ0v) is 13.9. The number of rotatable bonds is 7. The number of nitrogens with one attached hydrogen (secondary N) is 1. The third-order valence-corrected chi connectivity index (χ3v) is 3.64. The van der Waals surface area contributed by atoms with Crippen LogP contribution in [0.25, 0.3) is 0 Å². The van der Waals surface area contributed by atoms with E-state index in [0.717, 1.165) is 18.4 Å². The Labute approximate surface area is 140 Å². The molecule has 0 atom stereocenters. The first-order valence-corrected chi connectivity index (χ1v) is 7.62. The van der Waals surface area contributed by atoms with Crippen molar-refractivity contribution >= 4 is 23.2 Å². The van der Waals surface area contributed by atoms with Gasteiger partial charge in [-0.1, -0.05) is 17.7 Å². The first-order chi connectivity index (χ1) is 11.1. The van der Waals surface area contributed by atoms with Crippen LogP contribution in [0.3, 0.4) is 0 Å². The van der Waals surface area contributed by atoms with Gasteiger partial charge in [-0.3, -0.25) is 9.78 Å². The number of hydrogen-bond donors (Lipinski definition) is 1. The molecule has 0 spiro atoms. The molecule has 1 heterocycles. The highest BCUT2D eigenvalue weighted by molar-refractivity contribution is 6.32. The molecule has 1 aromatic carbocycles. The van der Waals surface area contributed by atoms with Crippen molar-refractivity contribution in [2.45, 2.75) is 19.3 Å². The Morgan fingerprint density at radius 2 is 2.04 bits per heavy atom. The number of amides is 1. The molecule has 0 bridgehead atoms. The monoisotopic (exact) mass is 334 g/mol. The number of hydrogen-bond acceptors (Lipinski definition) is 4. The summed E-state index contributed by atoms with van der Waals surface area (Å²) in [4.78, 5) is 16.2. The van der Waals surface area contributed by atoms with Crippen molar-refractivity contribution in [3.8, 4) is 11.5 Å². The van der Waals surface area contributed by atoms with Crippen molar-refractivity contribution in [3.63, 3.8) is 0 Å². The summed E-state index contributed by atoms with van der Waals surface area (Å²) in [6.45, 7) is 0. The van der Waals surface area contributed by atoms with Gasteiger partial charge in [0.05, 0.1) is 24.9 Å². The third kappa shape index (κ3) is 4.86. The van der Waals surface area contributed by atoms with Gasteiger partial charge in [-0.2, -0.15) is 0 Å². The summed E-state index contributed by atoms with van der Waals surface area (Å²) in [5.41, 5.74) is 1.66. The summed E-state index contributed by atoms with van der Waals surface area (Å²) < 4.78 is 10.4. The van der Waals surface area contributed by atoms with Crippen molar-refractivity contribution in [2.75, 3.05) is 19.5 Å². The summed E-state index contributed by atoms with van der Waals surface area (Å²) in [6.07, 6.45) is 5.50. The Morgan fingerprint density at radius 1 is 1.26 bits per heavy atom. The van der Waals surface area contributed by atoms with Crippen LogP contribution >= 0.6 is 11.6 Å². The highest BCUT2D eigenvalue weighted by Gasteiger charge is 2.12. The summed E-state index contributed by atoms with van der Waals surface area (Å²) >= 11 is 6.04. The molecule has 0 aliphatic carbocycles. The molecule has 0 aliphatic rings. The zero-order chi connectivity index (χ0) is 16.7. The predicted octanol–water partition coefficient (Wildman–Crippen LogP) is 3.71. The van der Waals surface area contributed by atoms with E-state index in [1.807, 2.05) is 18.3 Å². The van der Waals surface area contributed by atoms with Gasteiger partial charge < -0.3 is 14.8 Å². The van der Waals surface area contributed by atoms with Crippen LogP contribution in [0.2, 0.25) is 5.02 Å². The lowest BCUT2D eigenvalue weighted by Crippen LogP contribution is -2.12. The molecule has 0 unspecified atom stereocenters. The van der Waals surface area contributed by atoms with Crippen molar-refractivity contribution in [1.82, 2.24) is 4.98 Å². The van der Waals surface area contributed by atoms with Crippen molar-refractivity contribution in [3.05, 3.63) is 47.2 Å². The second-order valence-corrected chi connectivity index (χ2v) is 5.36. The molecule has 2 aromatic rings. The lowest BCUT2D eigenvalue weighted by atomic mass is 10.1. The Bertz CT molecular complexity index is 662. The maximum atomic E-state index is 12.1. The van der Waals surface area contributed by atoms with Crippen LogP contribution in [0, 0.1) is 0 Å². The van der Waals surface area contributed by atoms with Crippen molar-refractivity contribution in [1.29, 1.82) is 0 Å². The van der Waals surface area contributed by atoms with E-state index in [-0.39, 0.29) is 5.91 Å². The summed E-state index contributed by atoms with van der Waals surface area (Å²) in [5.74, 6) is 0.895. The number of anilines is 1. The molecule has 1 amide bonds. The van der Waals surface area contributed by atoms with Crippen LogP contribution in [0.15, 0.2) is 36.7 Å². The van der Waals surface area contributed by atoms with Crippen LogP contribution < -0.4 is 14.8 Å². The number of aromatic nitrogens is 1. The molecule has 2 rings (SSSR count). The standard InChI is InChI=1S/C17H19ClN2O3/c1-22-15-10-14(16(23-2)9-13(15)18)20-17(21)7-3-5-12-6-4-8-19-11-12/h4,6,8-11H,3,5,7H2,1-2H3,(H,20,21). The van der Waals surface area contributed by atoms with E-state index in [0.29, 0.717) is 28.6 Å². The normalized spacial score (nSPS) is 10.2. The average Bonchev–Trinajstić information content (AvgIpc) is 2.57. The zero-order valence-electron chi connectivity index (χ0n) is 13.1. The van der Waals surface area contributed by atoms with Crippen molar-refractivity contribution < 1.29 is 14.3 Å². The van der Waals surface area contributed by atoms with Crippen LogP contribution in [-0.2, 0) is 11.2 Å². The fourth-order valence-corrected chi connectivity index (χ4v) is 2.40. The molecule has 23 heavy (non-hydrogen) atoms. The first-order valence-electron chi connectivity index (χ1n) is 7.24. The summed E-state index contributed by atoms with van der Waals surface area (Å²) in [7, 11) is 3.05. The van der Waals surface area contributed by atoms with Crippen LogP contribution in [0.4, 0.5) is 5.69 Å². The van der Waals surface area contributed by atoms with Gasteiger partial charge >= 0.3 is 0 Å². The Balaban J connectivity index is 1.94. The Hall–Kier alpha value is -2.27. The number of pyridine rings is 1. The van der Waals surface area contributed by atoms with E-state index >= 15 is 0 Å². The van der Waals surface area contributed by atoms with Crippen LogP contribution in [0.5, 0.6) is 11.5 Å². The second kappa shape index (κ2) is 8.39. The Kier molecular flexibility index (Phi) is 6.23. The molecule has 0 saturated carbocycles. The van der Waals surface area contributed by atoms with E-state index in [4.69, 9.17) is 21.1 Å². The van der Waals surface area contributed by atoms with Gasteiger partial charge in [0.1, 0.15) is 11.5 Å². The number of carbonyl (C=O) groups is 1. The summed E-state index contributed by atoms with van der Waals surface area (Å²) in [6, 6.07) is 7.16. The van der Waals surface area contributed by atoms with Gasteiger partial charge in [0.15, 0.2) is 0 Å². The molecule has 0 saturated heterocycles. The minimum atomic E-state index is -0.0865. The number of ether oxygens (including phenoxy) is 2. The van der Waals surface area contributed by atoms with E-state index < -0.39 is 0 Å². The van der Waals surface area contributed by atoms with E-state index in [9.17, 15) is 4.79 Å². The van der Waals surface area contributed by atoms with Gasteiger partial charge in [-0.05, 0) is 24.5 Å². The largest absolute Gasteiger partial charge is 0.495 e. The van der Waals surface area contributed by atoms with E-state index in [1.54, 1.807) is 18.3 Å². The number of carbonyl (C=O) groups excluding carboxylic acids is 1.